The highest BCUT2D eigenvalue weighted by molar-refractivity contribution is 5.96. The molecule has 33 heavy (non-hydrogen) atoms. The van der Waals surface area contributed by atoms with Crippen molar-refractivity contribution in [1.82, 2.24) is 14.8 Å². The Morgan fingerprint density at radius 2 is 2.03 bits per heavy atom. The maximum atomic E-state index is 13.5. The third-order valence-corrected chi connectivity index (χ3v) is 5.38. The number of hydrogen-bond donors (Lipinski definition) is 3. The number of aryl methyl sites for hydroxylation is 1. The average Bonchev–Trinajstić information content (AvgIpc) is 3.26. The van der Waals surface area contributed by atoms with Crippen molar-refractivity contribution in [2.45, 2.75) is 13.0 Å². The van der Waals surface area contributed by atoms with Crippen molar-refractivity contribution in [2.75, 3.05) is 24.4 Å². The first kappa shape index (κ1) is 21.9. The molecule has 2 aromatic carbocycles. The van der Waals surface area contributed by atoms with E-state index in [1.807, 2.05) is 31.2 Å². The highest BCUT2D eigenvalue weighted by Gasteiger charge is 2.40. The summed E-state index contributed by atoms with van der Waals surface area (Å²) in [7, 11) is 1.49. The van der Waals surface area contributed by atoms with E-state index in [9.17, 15) is 9.59 Å². The lowest BCUT2D eigenvalue weighted by atomic mass is 9.88. The summed E-state index contributed by atoms with van der Waals surface area (Å²) in [4.78, 5) is 28.8. The van der Waals surface area contributed by atoms with Crippen LogP contribution in [0.5, 0.6) is 11.5 Å². The summed E-state index contributed by atoms with van der Waals surface area (Å²) >= 11 is 0. The minimum absolute atomic E-state index is 0.249. The lowest BCUT2D eigenvalue weighted by molar-refractivity contribution is -0.120. The van der Waals surface area contributed by atoms with Crippen LogP contribution in [0.2, 0.25) is 0 Å². The summed E-state index contributed by atoms with van der Waals surface area (Å²) < 4.78 is 12.5. The number of carbonyl (C=O) groups excluding carboxylic acids is 2. The molecule has 3 aromatic rings. The molecule has 4 rings (SSSR count). The number of fused-ring (bicyclic) bond motifs is 1. The van der Waals surface area contributed by atoms with Crippen LogP contribution in [0, 0.1) is 12.8 Å². The molecule has 1 aromatic heterocycles. The highest BCUT2D eigenvalue weighted by atomic mass is 16.5. The van der Waals surface area contributed by atoms with Crippen molar-refractivity contribution >= 4 is 23.5 Å². The number of hydrogen-bond acceptors (Lipinski definition) is 7. The zero-order chi connectivity index (χ0) is 23.5. The maximum Gasteiger partial charge on any atom is 0.255 e. The Morgan fingerprint density at radius 1 is 1.24 bits per heavy atom. The standard InChI is InChI=1S/C23H24N6O4/c1-13-6-4-5-7-16(13)28-22(31)20-14(2)27-23-25-12-26-29(23)21(20)15-8-9-17(18(10-15)32-3)33-11-19(24)30/h4-10,12,20-21H,2,11H2,1,3H3,(H2,24,30)(H,28,31)(H,25,26,27)/t20-,21+/m1/s1. The molecular formula is C23H24N6O4. The number of rotatable bonds is 7. The molecule has 0 fully saturated rings. The third kappa shape index (κ3) is 4.36. The van der Waals surface area contributed by atoms with Gasteiger partial charge in [0.05, 0.1) is 13.2 Å². The van der Waals surface area contributed by atoms with Gasteiger partial charge in [-0.3, -0.25) is 9.59 Å². The number of primary amides is 1. The summed E-state index contributed by atoms with van der Waals surface area (Å²) in [6, 6.07) is 12.2. The molecule has 2 amide bonds. The van der Waals surface area contributed by atoms with Gasteiger partial charge in [0, 0.05) is 11.4 Å². The molecule has 0 bridgehead atoms. The normalized spacial score (nSPS) is 17.0. The summed E-state index contributed by atoms with van der Waals surface area (Å²) in [6.45, 7) is 5.72. The van der Waals surface area contributed by atoms with E-state index in [0.29, 0.717) is 28.8 Å². The molecule has 0 spiro atoms. The van der Waals surface area contributed by atoms with E-state index in [1.54, 1.807) is 22.9 Å². The van der Waals surface area contributed by atoms with Gasteiger partial charge in [-0.15, -0.1) is 0 Å². The fraction of sp³-hybridized carbons (Fsp3) is 0.217. The Kier molecular flexibility index (Phi) is 5.99. The van der Waals surface area contributed by atoms with Crippen molar-refractivity contribution in [2.24, 2.45) is 11.7 Å². The van der Waals surface area contributed by atoms with Gasteiger partial charge in [-0.25, -0.2) is 4.68 Å². The quantitative estimate of drug-likeness (QED) is 0.505. The molecule has 170 valence electrons. The van der Waals surface area contributed by atoms with Crippen LogP contribution in [0.4, 0.5) is 11.6 Å². The zero-order valence-electron chi connectivity index (χ0n) is 18.2. The Balaban J connectivity index is 1.73. The second-order valence-electron chi connectivity index (χ2n) is 7.57. The number of nitrogens with two attached hydrogens (primary N) is 1. The second-order valence-corrected chi connectivity index (χ2v) is 7.57. The van der Waals surface area contributed by atoms with E-state index < -0.39 is 17.9 Å². The van der Waals surface area contributed by atoms with Crippen molar-refractivity contribution in [3.63, 3.8) is 0 Å². The van der Waals surface area contributed by atoms with E-state index in [1.165, 1.54) is 13.4 Å². The number of methoxy groups -OCH3 is 1. The summed E-state index contributed by atoms with van der Waals surface area (Å²) in [5.41, 5.74) is 8.04. The Hall–Kier alpha value is -4.34. The lowest BCUT2D eigenvalue weighted by Crippen LogP contribution is -2.39. The number of carbonyl (C=O) groups is 2. The first-order valence-electron chi connectivity index (χ1n) is 10.2. The number of para-hydroxylation sites is 1. The van der Waals surface area contributed by atoms with E-state index >= 15 is 0 Å². The first-order valence-corrected chi connectivity index (χ1v) is 10.2. The number of nitrogens with one attached hydrogen (secondary N) is 2. The highest BCUT2D eigenvalue weighted by Crippen LogP contribution is 2.40. The van der Waals surface area contributed by atoms with Gasteiger partial charge in [-0.05, 0) is 36.2 Å². The summed E-state index contributed by atoms with van der Waals surface area (Å²) in [5.74, 6) is -0.346. The Labute approximate surface area is 190 Å². The van der Waals surface area contributed by atoms with Crippen LogP contribution < -0.4 is 25.8 Å². The van der Waals surface area contributed by atoms with E-state index in [2.05, 4.69) is 27.3 Å². The van der Waals surface area contributed by atoms with Gasteiger partial charge in [0.2, 0.25) is 11.9 Å². The van der Waals surface area contributed by atoms with Crippen LogP contribution in [0.25, 0.3) is 0 Å². The molecule has 0 unspecified atom stereocenters. The van der Waals surface area contributed by atoms with Crippen molar-refractivity contribution in [1.29, 1.82) is 0 Å². The molecule has 10 nitrogen and oxygen atoms in total. The van der Waals surface area contributed by atoms with Gasteiger partial charge in [0.25, 0.3) is 5.91 Å². The number of aromatic nitrogens is 3. The molecule has 4 N–H and O–H groups in total. The van der Waals surface area contributed by atoms with Crippen LogP contribution in [0.15, 0.2) is 61.1 Å². The second kappa shape index (κ2) is 9.03. The van der Waals surface area contributed by atoms with Crippen LogP contribution >= 0.6 is 0 Å². The fourth-order valence-electron chi connectivity index (χ4n) is 3.79. The number of anilines is 2. The molecule has 0 aliphatic carbocycles. The SMILES string of the molecule is C=C1Nc2ncnn2[C@@H](c2ccc(OCC(N)=O)c(OC)c2)[C@@H]1C(=O)Nc1ccccc1C. The van der Waals surface area contributed by atoms with Gasteiger partial charge >= 0.3 is 0 Å². The van der Waals surface area contributed by atoms with Gasteiger partial charge in [-0.2, -0.15) is 10.1 Å². The molecular weight excluding hydrogens is 424 g/mol. The van der Waals surface area contributed by atoms with Crippen LogP contribution in [-0.4, -0.2) is 40.3 Å². The lowest BCUT2D eigenvalue weighted by Gasteiger charge is -2.34. The number of amides is 2. The van der Waals surface area contributed by atoms with Gasteiger partial charge in [0.1, 0.15) is 12.2 Å². The topological polar surface area (TPSA) is 133 Å². The largest absolute Gasteiger partial charge is 0.493 e. The first-order chi connectivity index (χ1) is 15.9. The molecule has 10 heteroatoms. The smallest absolute Gasteiger partial charge is 0.255 e. The molecule has 0 saturated heterocycles. The minimum Gasteiger partial charge on any atom is -0.493 e. The molecule has 0 radical (unpaired) electrons. The number of nitrogens with zero attached hydrogens (tertiary/aromatic N) is 3. The molecule has 1 aliphatic heterocycles. The van der Waals surface area contributed by atoms with Crippen molar-refractivity contribution in [3.05, 3.63) is 72.2 Å². The van der Waals surface area contributed by atoms with E-state index in [0.717, 1.165) is 11.1 Å². The van der Waals surface area contributed by atoms with E-state index in [4.69, 9.17) is 15.2 Å². The minimum atomic E-state index is -0.707. The third-order valence-electron chi connectivity index (χ3n) is 5.38. The van der Waals surface area contributed by atoms with Gasteiger partial charge in [-0.1, -0.05) is 30.8 Å². The maximum absolute atomic E-state index is 13.5. The number of ether oxygens (including phenoxy) is 2. The fourth-order valence-corrected chi connectivity index (χ4v) is 3.79. The van der Waals surface area contributed by atoms with Crippen LogP contribution in [0.3, 0.4) is 0 Å². The van der Waals surface area contributed by atoms with Crippen LogP contribution in [-0.2, 0) is 9.59 Å². The van der Waals surface area contributed by atoms with Crippen LogP contribution in [0.1, 0.15) is 17.2 Å². The number of benzene rings is 2. The molecule has 2 heterocycles. The summed E-state index contributed by atoms with van der Waals surface area (Å²) in [6.07, 6.45) is 1.41. The Morgan fingerprint density at radius 3 is 2.76 bits per heavy atom. The van der Waals surface area contributed by atoms with Crippen molar-refractivity contribution < 1.29 is 19.1 Å². The van der Waals surface area contributed by atoms with E-state index in [-0.39, 0.29) is 12.5 Å². The Bertz CT molecular complexity index is 1220. The van der Waals surface area contributed by atoms with Gasteiger partial charge in [0.15, 0.2) is 18.1 Å². The average molecular weight is 448 g/mol. The predicted molar refractivity (Wildman–Crippen MR) is 122 cm³/mol. The molecule has 0 saturated carbocycles. The monoisotopic (exact) mass is 448 g/mol. The predicted octanol–water partition coefficient (Wildman–Crippen LogP) is 2.24. The summed E-state index contributed by atoms with van der Waals surface area (Å²) in [5, 5.41) is 10.4. The zero-order valence-corrected chi connectivity index (χ0v) is 18.2. The molecule has 2 atom stereocenters. The van der Waals surface area contributed by atoms with Crippen molar-refractivity contribution in [3.8, 4) is 11.5 Å². The van der Waals surface area contributed by atoms with Gasteiger partial charge < -0.3 is 25.8 Å². The molecule has 1 aliphatic rings.